The van der Waals surface area contributed by atoms with Crippen LogP contribution in [0.25, 0.3) is 5.57 Å². The highest BCUT2D eigenvalue weighted by atomic mass is 16.5. The lowest BCUT2D eigenvalue weighted by Crippen LogP contribution is -2.45. The maximum Gasteiger partial charge on any atom is 0.274 e. The molecule has 0 aromatic carbocycles. The highest BCUT2D eigenvalue weighted by molar-refractivity contribution is 6.08. The number of anilines is 2. The minimum atomic E-state index is -0.336. The number of ether oxygens (including phenoxy) is 1. The van der Waals surface area contributed by atoms with Gasteiger partial charge in [0, 0.05) is 49.0 Å². The van der Waals surface area contributed by atoms with Gasteiger partial charge in [-0.2, -0.15) is 0 Å². The molecule has 1 fully saturated rings. The third-order valence-corrected chi connectivity index (χ3v) is 4.69. The van der Waals surface area contributed by atoms with Crippen LogP contribution in [0.5, 0.6) is 0 Å². The molecule has 0 bridgehead atoms. The van der Waals surface area contributed by atoms with Gasteiger partial charge in [-0.25, -0.2) is 9.97 Å². The van der Waals surface area contributed by atoms with E-state index in [9.17, 15) is 4.79 Å². The van der Waals surface area contributed by atoms with Crippen molar-refractivity contribution in [2.24, 2.45) is 5.73 Å². The van der Waals surface area contributed by atoms with E-state index in [1.54, 1.807) is 24.4 Å². The maximum absolute atomic E-state index is 12.8. The van der Waals surface area contributed by atoms with E-state index in [2.05, 4.69) is 20.2 Å². The van der Waals surface area contributed by atoms with Crippen LogP contribution in [0, 0.1) is 12.3 Å². The van der Waals surface area contributed by atoms with Crippen LogP contribution in [0.1, 0.15) is 35.6 Å². The lowest BCUT2D eigenvalue weighted by atomic mass is 10.1. The second kappa shape index (κ2) is 8.83. The largest absolute Gasteiger partial charge is 0.404 e. The first-order valence-corrected chi connectivity index (χ1v) is 9.49. The second-order valence-corrected chi connectivity index (χ2v) is 7.15. The Kier molecular flexibility index (Phi) is 6.23. The van der Waals surface area contributed by atoms with Crippen LogP contribution in [0.15, 0.2) is 36.7 Å². The number of hydrogen-bond acceptors (Lipinski definition) is 7. The molecule has 3 rings (SSSR count). The number of amides is 1. The van der Waals surface area contributed by atoms with Gasteiger partial charge in [-0.05, 0) is 38.5 Å². The van der Waals surface area contributed by atoms with Gasteiger partial charge in [0.25, 0.3) is 5.91 Å². The zero-order chi connectivity index (χ0) is 21.0. The summed E-state index contributed by atoms with van der Waals surface area (Å²) in [6.45, 7) is 7.46. The van der Waals surface area contributed by atoms with Gasteiger partial charge in [0.1, 0.15) is 11.5 Å². The Morgan fingerprint density at radius 1 is 1.31 bits per heavy atom. The topological polar surface area (TPSA) is 117 Å². The predicted molar refractivity (Wildman–Crippen MR) is 114 cm³/mol. The number of morpholine rings is 1. The molecular formula is C21H26N6O2. The van der Waals surface area contributed by atoms with Crippen molar-refractivity contribution in [2.45, 2.75) is 33.0 Å². The fourth-order valence-electron chi connectivity index (χ4n) is 3.30. The van der Waals surface area contributed by atoms with Gasteiger partial charge < -0.3 is 26.1 Å². The fraction of sp³-hybridized carbons (Fsp3) is 0.333. The van der Waals surface area contributed by atoms with Gasteiger partial charge in [0.2, 0.25) is 0 Å². The third kappa shape index (κ3) is 4.78. The predicted octanol–water partition coefficient (Wildman–Crippen LogP) is 2.60. The lowest BCUT2D eigenvalue weighted by Gasteiger charge is -2.36. The molecule has 2 unspecified atom stereocenters. The van der Waals surface area contributed by atoms with Gasteiger partial charge in [-0.15, -0.1) is 0 Å². The molecule has 3 heterocycles. The number of nitrogens with zero attached hydrogens (tertiary/aromatic N) is 3. The number of aryl methyl sites for hydroxylation is 1. The van der Waals surface area contributed by atoms with Crippen molar-refractivity contribution in [3.8, 4) is 0 Å². The van der Waals surface area contributed by atoms with Crippen molar-refractivity contribution in [3.05, 3.63) is 53.6 Å². The molecule has 2 atom stereocenters. The number of nitrogens with one attached hydrogen (secondary N) is 2. The minimum absolute atomic E-state index is 0.116. The first-order chi connectivity index (χ1) is 13.9. The Hall–Kier alpha value is -3.26. The number of allylic oxidation sites excluding steroid dienone is 1. The summed E-state index contributed by atoms with van der Waals surface area (Å²) >= 11 is 0. The number of pyridine rings is 2. The molecule has 4 N–H and O–H groups in total. The van der Waals surface area contributed by atoms with Crippen LogP contribution >= 0.6 is 0 Å². The highest BCUT2D eigenvalue weighted by Gasteiger charge is 2.23. The van der Waals surface area contributed by atoms with Crippen molar-refractivity contribution in [3.63, 3.8) is 0 Å². The number of carbonyl (C=O) groups is 1. The second-order valence-electron chi connectivity index (χ2n) is 7.15. The summed E-state index contributed by atoms with van der Waals surface area (Å²) in [4.78, 5) is 23.8. The Bertz CT molecular complexity index is 933. The normalized spacial score (nSPS) is 19.7. The van der Waals surface area contributed by atoms with Gasteiger partial charge in [0.15, 0.2) is 0 Å². The lowest BCUT2D eigenvalue weighted by molar-refractivity contribution is -0.00545. The van der Waals surface area contributed by atoms with E-state index in [0.717, 1.165) is 30.7 Å². The number of nitrogens with two attached hydrogens (primary N) is 1. The van der Waals surface area contributed by atoms with E-state index >= 15 is 0 Å². The van der Waals surface area contributed by atoms with E-state index in [-0.39, 0.29) is 23.8 Å². The SMILES string of the molecule is Cc1cnc(N2CC(C)OC(C)C2)cc1NC(=O)c1cccc(/C(C=N)=C/N)n1. The molecule has 1 amide bonds. The molecule has 0 saturated carbocycles. The van der Waals surface area contributed by atoms with Crippen LogP contribution in [-0.4, -0.2) is 47.4 Å². The fourth-order valence-corrected chi connectivity index (χ4v) is 3.30. The summed E-state index contributed by atoms with van der Waals surface area (Å²) in [5.41, 5.74) is 8.21. The van der Waals surface area contributed by atoms with Crippen molar-refractivity contribution in [1.82, 2.24) is 9.97 Å². The van der Waals surface area contributed by atoms with Gasteiger partial charge >= 0.3 is 0 Å². The summed E-state index contributed by atoms with van der Waals surface area (Å²) < 4.78 is 5.79. The Morgan fingerprint density at radius 2 is 2.00 bits per heavy atom. The summed E-state index contributed by atoms with van der Waals surface area (Å²) in [6, 6.07) is 6.92. The van der Waals surface area contributed by atoms with Crippen LogP contribution in [0.3, 0.4) is 0 Å². The molecule has 1 aliphatic rings. The van der Waals surface area contributed by atoms with Crippen molar-refractivity contribution in [1.29, 1.82) is 5.41 Å². The van der Waals surface area contributed by atoms with Crippen LogP contribution in [0.4, 0.5) is 11.5 Å². The van der Waals surface area contributed by atoms with Crippen molar-refractivity contribution in [2.75, 3.05) is 23.3 Å². The van der Waals surface area contributed by atoms with E-state index in [0.29, 0.717) is 17.0 Å². The monoisotopic (exact) mass is 394 g/mol. The number of rotatable bonds is 5. The molecule has 8 nitrogen and oxygen atoms in total. The highest BCUT2D eigenvalue weighted by Crippen LogP contribution is 2.24. The molecule has 2 aromatic heterocycles. The number of hydrogen-bond donors (Lipinski definition) is 3. The smallest absolute Gasteiger partial charge is 0.274 e. The van der Waals surface area contributed by atoms with E-state index in [1.807, 2.05) is 26.8 Å². The molecule has 152 valence electrons. The molecule has 29 heavy (non-hydrogen) atoms. The first-order valence-electron chi connectivity index (χ1n) is 9.49. The zero-order valence-corrected chi connectivity index (χ0v) is 16.8. The van der Waals surface area contributed by atoms with Crippen molar-refractivity contribution < 1.29 is 9.53 Å². The number of carbonyl (C=O) groups excluding carboxylic acids is 1. The quantitative estimate of drug-likeness (QED) is 0.671. The zero-order valence-electron chi connectivity index (χ0n) is 16.8. The van der Waals surface area contributed by atoms with Gasteiger partial charge in [0.05, 0.1) is 17.9 Å². The summed E-state index contributed by atoms with van der Waals surface area (Å²) in [6.07, 6.45) is 4.38. The Balaban J connectivity index is 1.82. The molecule has 0 spiro atoms. The van der Waals surface area contributed by atoms with Gasteiger partial charge in [-0.1, -0.05) is 6.07 Å². The molecule has 1 saturated heterocycles. The Labute approximate surface area is 170 Å². The van der Waals surface area contributed by atoms with Crippen LogP contribution in [-0.2, 0) is 4.74 Å². The van der Waals surface area contributed by atoms with E-state index in [4.69, 9.17) is 15.9 Å². The average Bonchev–Trinajstić information content (AvgIpc) is 2.70. The molecule has 0 aliphatic carbocycles. The van der Waals surface area contributed by atoms with Crippen LogP contribution in [0.2, 0.25) is 0 Å². The van der Waals surface area contributed by atoms with Crippen LogP contribution < -0.4 is 16.0 Å². The molecule has 0 radical (unpaired) electrons. The minimum Gasteiger partial charge on any atom is -0.404 e. The Morgan fingerprint density at radius 3 is 2.66 bits per heavy atom. The molecule has 1 aliphatic heterocycles. The van der Waals surface area contributed by atoms with E-state index < -0.39 is 0 Å². The third-order valence-electron chi connectivity index (χ3n) is 4.69. The maximum atomic E-state index is 12.8. The summed E-state index contributed by atoms with van der Waals surface area (Å²) in [7, 11) is 0. The molecular weight excluding hydrogens is 368 g/mol. The van der Waals surface area contributed by atoms with Crippen molar-refractivity contribution >= 4 is 29.2 Å². The number of aromatic nitrogens is 2. The molecule has 2 aromatic rings. The first kappa shape index (κ1) is 20.5. The average molecular weight is 394 g/mol. The summed E-state index contributed by atoms with van der Waals surface area (Å²) in [5.74, 6) is 0.462. The standard InChI is InChI=1S/C21H26N6O2/c1-13-10-24-20(27-11-14(2)29-15(3)12-27)7-19(13)26-21(28)18-6-4-5-17(25-18)16(8-22)9-23/h4-10,14-15,22H,11-12,23H2,1-3H3,(H,24,26,28)/b16-9+,22-8?. The van der Waals surface area contributed by atoms with Gasteiger partial charge in [-0.3, -0.25) is 4.79 Å². The molecule has 8 heteroatoms. The summed E-state index contributed by atoms with van der Waals surface area (Å²) in [5, 5.41) is 10.3. The van der Waals surface area contributed by atoms with E-state index in [1.165, 1.54) is 6.20 Å².